The van der Waals surface area contributed by atoms with Crippen LogP contribution in [0.1, 0.15) is 13.8 Å². The van der Waals surface area contributed by atoms with E-state index in [-0.39, 0.29) is 11.5 Å². The van der Waals surface area contributed by atoms with E-state index in [1.165, 1.54) is 6.26 Å². The molecule has 0 N–H and O–H groups in total. The van der Waals surface area contributed by atoms with Crippen molar-refractivity contribution < 1.29 is 56.3 Å². The van der Waals surface area contributed by atoms with Gasteiger partial charge in [-0.2, -0.15) is 49.5 Å². The van der Waals surface area contributed by atoms with E-state index in [4.69, 9.17) is 0 Å². The molecular weight excluding hydrogens is 441 g/mol. The molecule has 0 saturated carbocycles. The molecule has 0 radical (unpaired) electrons. The van der Waals surface area contributed by atoms with Crippen LogP contribution in [0.15, 0.2) is 0 Å². The maximum absolute atomic E-state index is 12.1. The van der Waals surface area contributed by atoms with Gasteiger partial charge in [0, 0.05) is 0 Å². The molecule has 0 bridgehead atoms. The van der Waals surface area contributed by atoms with Crippen LogP contribution in [-0.4, -0.2) is 51.1 Å². The Kier molecular flexibility index (Phi) is 8.66. The highest BCUT2D eigenvalue weighted by Gasteiger charge is 2.47. The molecule has 156 valence electrons. The molecule has 0 amide bonds. The van der Waals surface area contributed by atoms with Gasteiger partial charge in [-0.15, -0.1) is 0 Å². The summed E-state index contributed by atoms with van der Waals surface area (Å²) in [7, 11) is -15.8. The van der Waals surface area contributed by atoms with E-state index >= 15 is 0 Å². The lowest BCUT2D eigenvalue weighted by atomic mass is 11.0. The molecule has 0 unspecified atom stereocenters. The number of sulfonamides is 2. The fourth-order valence-electron chi connectivity index (χ4n) is 0.745. The number of nitrogens with zero attached hydrogens (tertiary/aromatic N) is 1. The van der Waals surface area contributed by atoms with Gasteiger partial charge < -0.3 is 4.13 Å². The van der Waals surface area contributed by atoms with Crippen molar-refractivity contribution >= 4 is 30.1 Å². The number of halogens is 9. The second-order valence-electron chi connectivity index (χ2n) is 4.21. The predicted octanol–water partition coefficient (Wildman–Crippen LogP) is 4.04. The summed E-state index contributed by atoms with van der Waals surface area (Å²) in [6.07, 6.45) is 1.34. The van der Waals surface area contributed by atoms with E-state index in [1.54, 1.807) is 13.8 Å². The molecule has 0 rings (SSSR count). The van der Waals surface area contributed by atoms with Crippen LogP contribution in [0.25, 0.3) is 4.13 Å². The molecule has 0 aliphatic carbocycles. The average Bonchev–Trinajstić information content (AvgIpc) is 2.33. The summed E-state index contributed by atoms with van der Waals surface area (Å²) in [5.74, 6) is 0.486. The molecule has 0 aromatic carbocycles. The average molecular weight is 454 g/mol. The van der Waals surface area contributed by atoms with Gasteiger partial charge in [0.25, 0.3) is 0 Å². The Morgan fingerprint density at radius 2 is 0.880 bits per heavy atom. The van der Waals surface area contributed by atoms with Gasteiger partial charge >= 0.3 is 16.5 Å². The first-order valence-corrected chi connectivity index (χ1v) is 11.0. The molecule has 0 saturated heterocycles. The first-order valence-electron chi connectivity index (χ1n) is 5.74. The molecule has 17 heteroatoms. The van der Waals surface area contributed by atoms with E-state index in [0.717, 1.165) is 4.13 Å². The van der Waals surface area contributed by atoms with E-state index in [2.05, 4.69) is 0 Å². The Morgan fingerprint density at radius 1 is 0.640 bits per heavy atom. The zero-order chi connectivity index (χ0) is 21.1. The topological polar surface area (TPSA) is 82.4 Å². The molecule has 0 aromatic rings. The molecule has 0 aliphatic rings. The second kappa shape index (κ2) is 8.08. The van der Waals surface area contributed by atoms with Crippen molar-refractivity contribution in [1.29, 1.82) is 0 Å². The summed E-state index contributed by atoms with van der Waals surface area (Å²) in [6.45, 7) is 3.21. The molecule has 0 aromatic heterocycles. The second-order valence-corrected chi connectivity index (χ2v) is 11.8. The van der Waals surface area contributed by atoms with E-state index in [0.29, 0.717) is 0 Å². The fraction of sp³-hybridized carbons (Fsp3) is 1.00. The van der Waals surface area contributed by atoms with Crippen molar-refractivity contribution in [2.24, 2.45) is 0 Å². The van der Waals surface area contributed by atoms with Gasteiger partial charge in [0.2, 0.25) is 0 Å². The third-order valence-corrected chi connectivity index (χ3v) is 9.02. The molecular formula is C8H13F9NO4S3-. The van der Waals surface area contributed by atoms with Gasteiger partial charge in [-0.05, 0) is 17.8 Å². The van der Waals surface area contributed by atoms with Gasteiger partial charge in [0.1, 0.15) is 0 Å². The molecule has 0 atom stereocenters. The fourth-order valence-corrected chi connectivity index (χ4v) is 3.52. The maximum atomic E-state index is 12.1. The standard InChI is InChI=1S/C6H13F3S.C2F6NO4S2/c1-4-10(3,5-2)6(7,8)9;3-1(4,5)14(10,11)9-15(12,13)2(6,7)8/h4-5H2,1-3H3;/q;-1. The van der Waals surface area contributed by atoms with Crippen molar-refractivity contribution in [2.75, 3.05) is 17.8 Å². The summed E-state index contributed by atoms with van der Waals surface area (Å²) in [5, 5.41) is 0. The van der Waals surface area contributed by atoms with E-state index < -0.39 is 46.6 Å². The lowest BCUT2D eigenvalue weighted by Gasteiger charge is -2.35. The molecule has 0 heterocycles. The Balaban J connectivity index is 0. The molecule has 5 nitrogen and oxygen atoms in total. The van der Waals surface area contributed by atoms with Crippen molar-refractivity contribution in [3.8, 4) is 0 Å². The normalized spacial score (nSPS) is 15.4. The Labute approximate surface area is 139 Å². The number of hydrogen-bond donors (Lipinski definition) is 0. The summed E-state index contributed by atoms with van der Waals surface area (Å²) < 4.78 is 146. The first kappa shape index (κ1) is 26.8. The summed E-state index contributed by atoms with van der Waals surface area (Å²) >= 11 is 0. The van der Waals surface area contributed by atoms with Gasteiger partial charge in [0.05, 0.1) is 0 Å². The maximum Gasteiger partial charge on any atom is 0.480 e. The van der Waals surface area contributed by atoms with Crippen molar-refractivity contribution in [3.05, 3.63) is 4.13 Å². The third kappa shape index (κ3) is 7.38. The monoisotopic (exact) mass is 454 g/mol. The molecule has 0 aliphatic heterocycles. The van der Waals surface area contributed by atoms with Crippen molar-refractivity contribution in [3.63, 3.8) is 0 Å². The molecule has 0 fully saturated rings. The highest BCUT2D eigenvalue weighted by molar-refractivity contribution is 8.33. The highest BCUT2D eigenvalue weighted by atomic mass is 32.3. The van der Waals surface area contributed by atoms with Crippen molar-refractivity contribution in [2.45, 2.75) is 30.4 Å². The largest absolute Gasteiger partial charge is 0.480 e. The van der Waals surface area contributed by atoms with Crippen LogP contribution in [-0.2, 0) is 20.0 Å². The van der Waals surface area contributed by atoms with Crippen LogP contribution in [0, 0.1) is 0 Å². The van der Waals surface area contributed by atoms with E-state index in [9.17, 15) is 56.3 Å². The minimum atomic E-state index is -6.72. The first-order chi connectivity index (χ1) is 10.6. The Morgan fingerprint density at radius 3 is 0.960 bits per heavy atom. The SMILES string of the molecule is CCS(C)(CC)C(F)(F)F.O=S(=O)([N-]S(=O)(=O)C(F)(F)F)C(F)(F)F. The van der Waals surface area contributed by atoms with Gasteiger partial charge in [-0.3, -0.25) is 0 Å². The van der Waals surface area contributed by atoms with Gasteiger partial charge in [0.15, 0.2) is 20.0 Å². The van der Waals surface area contributed by atoms with Crippen LogP contribution >= 0.6 is 10.0 Å². The van der Waals surface area contributed by atoms with Crippen LogP contribution in [0.2, 0.25) is 0 Å². The number of hydrogen-bond acceptors (Lipinski definition) is 4. The minimum absolute atomic E-state index is 0.243. The predicted molar refractivity (Wildman–Crippen MR) is 74.0 cm³/mol. The zero-order valence-electron chi connectivity index (χ0n) is 12.6. The van der Waals surface area contributed by atoms with Crippen LogP contribution in [0.4, 0.5) is 39.5 Å². The Bertz CT molecular complexity index is 587. The van der Waals surface area contributed by atoms with Crippen LogP contribution < -0.4 is 0 Å². The Hall–Kier alpha value is -0.420. The quantitative estimate of drug-likeness (QED) is 0.601. The lowest BCUT2D eigenvalue weighted by Crippen LogP contribution is -2.30. The van der Waals surface area contributed by atoms with Gasteiger partial charge in [-0.25, -0.2) is 16.8 Å². The highest BCUT2D eigenvalue weighted by Crippen LogP contribution is 2.58. The summed E-state index contributed by atoms with van der Waals surface area (Å²) in [5.41, 5.74) is -16.4. The van der Waals surface area contributed by atoms with E-state index in [1.807, 2.05) is 0 Å². The number of alkyl halides is 9. The summed E-state index contributed by atoms with van der Waals surface area (Å²) in [6, 6.07) is 0. The summed E-state index contributed by atoms with van der Waals surface area (Å²) in [4.78, 5) is 0. The van der Waals surface area contributed by atoms with Crippen LogP contribution in [0.3, 0.4) is 0 Å². The van der Waals surface area contributed by atoms with Crippen molar-refractivity contribution in [1.82, 2.24) is 0 Å². The molecule has 25 heavy (non-hydrogen) atoms. The van der Waals surface area contributed by atoms with Gasteiger partial charge in [-0.1, -0.05) is 13.8 Å². The number of rotatable bonds is 4. The minimum Gasteiger partial charge on any atom is -0.421 e. The lowest BCUT2D eigenvalue weighted by molar-refractivity contribution is -0.0445. The smallest absolute Gasteiger partial charge is 0.421 e. The molecule has 0 spiro atoms. The van der Waals surface area contributed by atoms with Crippen LogP contribution in [0.5, 0.6) is 0 Å². The zero-order valence-corrected chi connectivity index (χ0v) is 15.1. The third-order valence-electron chi connectivity index (χ3n) is 2.61.